The van der Waals surface area contributed by atoms with Gasteiger partial charge in [0, 0.05) is 32.0 Å². The van der Waals surface area contributed by atoms with Crippen LogP contribution >= 0.6 is 24.0 Å². The Hall–Kier alpha value is -0.720. The van der Waals surface area contributed by atoms with E-state index in [1.54, 1.807) is 0 Å². The first-order valence-electron chi connectivity index (χ1n) is 7.66. The highest BCUT2D eigenvalue weighted by molar-refractivity contribution is 14.0. The van der Waals surface area contributed by atoms with Gasteiger partial charge in [-0.2, -0.15) is 0 Å². The molecule has 0 bridgehead atoms. The normalized spacial score (nSPS) is 26.1. The second-order valence-corrected chi connectivity index (χ2v) is 6.29. The van der Waals surface area contributed by atoms with Crippen LogP contribution in [0.15, 0.2) is 23.3 Å². The number of hydrogen-bond donors (Lipinski definition) is 2. The lowest BCUT2D eigenvalue weighted by molar-refractivity contribution is 0.255. The van der Waals surface area contributed by atoms with Gasteiger partial charge in [0.2, 0.25) is 0 Å². The standard InChI is InChI=1S/C16H28N4.HI/c1-12-8-13(2)10-14(9-12)19-16(17-3)18-11-15-6-5-7-20(15)4;/h5-7,12-14H,8-11H2,1-4H3,(H2,17,18,19);1H. The summed E-state index contributed by atoms with van der Waals surface area (Å²) in [6.45, 7) is 5.51. The van der Waals surface area contributed by atoms with Crippen molar-refractivity contribution in [2.75, 3.05) is 7.05 Å². The van der Waals surface area contributed by atoms with Crippen LogP contribution in [0.2, 0.25) is 0 Å². The lowest BCUT2D eigenvalue weighted by Gasteiger charge is -2.32. The van der Waals surface area contributed by atoms with Crippen molar-refractivity contribution in [2.45, 2.75) is 45.7 Å². The highest BCUT2D eigenvalue weighted by atomic mass is 127. The van der Waals surface area contributed by atoms with Crippen LogP contribution in [-0.2, 0) is 13.6 Å². The fourth-order valence-corrected chi connectivity index (χ4v) is 3.31. The van der Waals surface area contributed by atoms with Gasteiger partial charge in [-0.05, 0) is 43.2 Å². The van der Waals surface area contributed by atoms with Crippen molar-refractivity contribution in [3.8, 4) is 0 Å². The van der Waals surface area contributed by atoms with Crippen molar-refractivity contribution in [3.63, 3.8) is 0 Å². The molecule has 1 aromatic heterocycles. The average molecular weight is 404 g/mol. The molecule has 1 saturated carbocycles. The van der Waals surface area contributed by atoms with Gasteiger partial charge in [0.25, 0.3) is 0 Å². The van der Waals surface area contributed by atoms with Crippen molar-refractivity contribution in [1.29, 1.82) is 0 Å². The number of aliphatic imine (C=N–C) groups is 1. The Kier molecular flexibility index (Phi) is 7.56. The first-order chi connectivity index (χ1) is 9.58. The van der Waals surface area contributed by atoms with E-state index in [1.807, 2.05) is 7.05 Å². The number of halogens is 1. The van der Waals surface area contributed by atoms with Gasteiger partial charge < -0.3 is 15.2 Å². The Morgan fingerprint density at radius 1 is 1.29 bits per heavy atom. The summed E-state index contributed by atoms with van der Waals surface area (Å²) in [5.41, 5.74) is 1.26. The number of nitrogens with one attached hydrogen (secondary N) is 2. The smallest absolute Gasteiger partial charge is 0.191 e. The molecule has 0 radical (unpaired) electrons. The number of hydrogen-bond acceptors (Lipinski definition) is 1. The van der Waals surface area contributed by atoms with E-state index in [0.717, 1.165) is 24.3 Å². The number of rotatable bonds is 3. The van der Waals surface area contributed by atoms with Crippen LogP contribution in [0.25, 0.3) is 0 Å². The van der Waals surface area contributed by atoms with Gasteiger partial charge in [-0.25, -0.2) is 0 Å². The molecule has 2 rings (SSSR count). The molecule has 2 atom stereocenters. The lowest BCUT2D eigenvalue weighted by Crippen LogP contribution is -2.46. The van der Waals surface area contributed by atoms with Gasteiger partial charge in [-0.15, -0.1) is 24.0 Å². The summed E-state index contributed by atoms with van der Waals surface area (Å²) in [7, 11) is 3.91. The van der Waals surface area contributed by atoms with Crippen molar-refractivity contribution < 1.29 is 0 Å². The minimum Gasteiger partial charge on any atom is -0.354 e. The molecule has 0 spiro atoms. The molecule has 4 nitrogen and oxygen atoms in total. The van der Waals surface area contributed by atoms with E-state index >= 15 is 0 Å². The minimum absolute atomic E-state index is 0. The molecule has 5 heteroatoms. The molecule has 2 N–H and O–H groups in total. The van der Waals surface area contributed by atoms with Gasteiger partial charge in [-0.3, -0.25) is 4.99 Å². The van der Waals surface area contributed by atoms with Crippen LogP contribution in [0.4, 0.5) is 0 Å². The van der Waals surface area contributed by atoms with Crippen LogP contribution in [0.5, 0.6) is 0 Å². The van der Waals surface area contributed by atoms with E-state index in [0.29, 0.717) is 6.04 Å². The third-order valence-corrected chi connectivity index (χ3v) is 4.23. The molecule has 0 aliphatic heterocycles. The van der Waals surface area contributed by atoms with Crippen molar-refractivity contribution in [2.24, 2.45) is 23.9 Å². The highest BCUT2D eigenvalue weighted by Gasteiger charge is 2.24. The molecule has 0 amide bonds. The zero-order chi connectivity index (χ0) is 14.5. The SMILES string of the molecule is CN=C(NCc1cccn1C)NC1CC(C)CC(C)C1.I. The summed E-state index contributed by atoms with van der Waals surface area (Å²) in [5.74, 6) is 2.53. The van der Waals surface area contributed by atoms with E-state index in [9.17, 15) is 0 Å². The third kappa shape index (κ3) is 5.52. The molecular weight excluding hydrogens is 375 g/mol. The molecule has 1 fully saturated rings. The van der Waals surface area contributed by atoms with E-state index in [-0.39, 0.29) is 24.0 Å². The summed E-state index contributed by atoms with van der Waals surface area (Å²) in [6.07, 6.45) is 5.91. The molecule has 0 aromatic carbocycles. The molecule has 120 valence electrons. The summed E-state index contributed by atoms with van der Waals surface area (Å²) < 4.78 is 2.13. The van der Waals surface area contributed by atoms with Gasteiger partial charge >= 0.3 is 0 Å². The number of guanidine groups is 1. The Morgan fingerprint density at radius 2 is 1.95 bits per heavy atom. The Balaban J connectivity index is 0.00000220. The van der Waals surface area contributed by atoms with Crippen LogP contribution in [0.1, 0.15) is 38.8 Å². The lowest BCUT2D eigenvalue weighted by atomic mass is 9.80. The van der Waals surface area contributed by atoms with E-state index < -0.39 is 0 Å². The van der Waals surface area contributed by atoms with Gasteiger partial charge in [-0.1, -0.05) is 13.8 Å². The fourth-order valence-electron chi connectivity index (χ4n) is 3.31. The maximum absolute atomic E-state index is 4.35. The average Bonchev–Trinajstić information content (AvgIpc) is 2.79. The molecule has 1 aromatic rings. The van der Waals surface area contributed by atoms with Gasteiger partial charge in [0.15, 0.2) is 5.96 Å². The quantitative estimate of drug-likeness (QED) is 0.462. The van der Waals surface area contributed by atoms with E-state index in [2.05, 4.69) is 59.4 Å². The predicted octanol–water partition coefficient (Wildman–Crippen LogP) is 3.13. The minimum atomic E-state index is 0. The van der Waals surface area contributed by atoms with Crippen LogP contribution in [-0.4, -0.2) is 23.6 Å². The summed E-state index contributed by atoms with van der Waals surface area (Å²) in [4.78, 5) is 4.35. The molecule has 2 unspecified atom stereocenters. The second-order valence-electron chi connectivity index (χ2n) is 6.29. The van der Waals surface area contributed by atoms with Crippen molar-refractivity contribution in [1.82, 2.24) is 15.2 Å². The van der Waals surface area contributed by atoms with Crippen LogP contribution in [0.3, 0.4) is 0 Å². The fraction of sp³-hybridized carbons (Fsp3) is 0.688. The predicted molar refractivity (Wildman–Crippen MR) is 100 cm³/mol. The van der Waals surface area contributed by atoms with Gasteiger partial charge in [0.05, 0.1) is 6.54 Å². The Morgan fingerprint density at radius 3 is 2.48 bits per heavy atom. The Bertz CT molecular complexity index is 445. The maximum Gasteiger partial charge on any atom is 0.191 e. The van der Waals surface area contributed by atoms with Crippen molar-refractivity contribution in [3.05, 3.63) is 24.0 Å². The highest BCUT2D eigenvalue weighted by Crippen LogP contribution is 2.28. The second kappa shape index (κ2) is 8.66. The molecule has 1 aliphatic rings. The molecule has 21 heavy (non-hydrogen) atoms. The molecular formula is C16H29IN4. The first kappa shape index (κ1) is 18.3. The number of aryl methyl sites for hydroxylation is 1. The Labute approximate surface area is 145 Å². The summed E-state index contributed by atoms with van der Waals surface area (Å²) in [5, 5.41) is 6.99. The topological polar surface area (TPSA) is 41.4 Å². The molecule has 0 saturated heterocycles. The van der Waals surface area contributed by atoms with Crippen molar-refractivity contribution >= 4 is 29.9 Å². The van der Waals surface area contributed by atoms with Crippen LogP contribution in [0, 0.1) is 11.8 Å². The molecule has 1 heterocycles. The van der Waals surface area contributed by atoms with Crippen LogP contribution < -0.4 is 10.6 Å². The third-order valence-electron chi connectivity index (χ3n) is 4.23. The summed E-state index contributed by atoms with van der Waals surface area (Å²) in [6, 6.07) is 4.75. The zero-order valence-electron chi connectivity index (χ0n) is 13.6. The van der Waals surface area contributed by atoms with E-state index in [4.69, 9.17) is 0 Å². The number of aromatic nitrogens is 1. The summed E-state index contributed by atoms with van der Waals surface area (Å²) >= 11 is 0. The molecule has 1 aliphatic carbocycles. The largest absolute Gasteiger partial charge is 0.354 e. The first-order valence-corrected chi connectivity index (χ1v) is 7.66. The van der Waals surface area contributed by atoms with E-state index in [1.165, 1.54) is 25.0 Å². The maximum atomic E-state index is 4.35. The number of nitrogens with zero attached hydrogens (tertiary/aromatic N) is 2. The zero-order valence-corrected chi connectivity index (χ0v) is 15.9. The van der Waals surface area contributed by atoms with Gasteiger partial charge in [0.1, 0.15) is 0 Å². The monoisotopic (exact) mass is 404 g/mol.